The van der Waals surface area contributed by atoms with E-state index in [1.807, 2.05) is 6.07 Å². The molecule has 0 saturated carbocycles. The molecule has 0 saturated heterocycles. The molecule has 1 atom stereocenters. The zero-order valence-corrected chi connectivity index (χ0v) is 22.9. The fraction of sp³-hybridized carbons (Fsp3) is 0.160. The number of halogens is 1. The van der Waals surface area contributed by atoms with Gasteiger partial charge in [0.15, 0.2) is 5.82 Å². The van der Waals surface area contributed by atoms with Crippen molar-refractivity contribution in [3.05, 3.63) is 86.1 Å². The first kappa shape index (κ1) is 29.1. The van der Waals surface area contributed by atoms with Crippen molar-refractivity contribution in [2.24, 2.45) is 5.10 Å². The SMILES string of the molecule is CNC(=O)c1cc(C#N)cc(C)c1NC(=O)C1CC(c2cc([N+](=O)[O-])ccc2S(=O)(=O)O)=NN1c1ncccc1Cl. The number of non-ortho nitro benzene ring substituents is 1. The number of hydrazone groups is 1. The number of nitrogens with one attached hydrogen (secondary N) is 2. The maximum Gasteiger partial charge on any atom is 0.295 e. The summed E-state index contributed by atoms with van der Waals surface area (Å²) in [5.74, 6) is -1.27. The fourth-order valence-electron chi connectivity index (χ4n) is 4.24. The van der Waals surface area contributed by atoms with Gasteiger partial charge < -0.3 is 10.6 Å². The number of aromatic nitrogens is 1. The lowest BCUT2D eigenvalue weighted by Gasteiger charge is -2.23. The Labute approximate surface area is 238 Å². The number of nitro benzene ring substituents is 1. The van der Waals surface area contributed by atoms with Crippen LogP contribution in [0.1, 0.15) is 33.5 Å². The third-order valence-electron chi connectivity index (χ3n) is 6.12. The van der Waals surface area contributed by atoms with Crippen molar-refractivity contribution in [3.8, 4) is 6.07 Å². The molecule has 1 aromatic heterocycles. The van der Waals surface area contributed by atoms with E-state index in [9.17, 15) is 37.9 Å². The summed E-state index contributed by atoms with van der Waals surface area (Å²) in [5, 5.41) is 31.5. The molecule has 210 valence electrons. The molecule has 2 amide bonds. The Bertz CT molecular complexity index is 1790. The van der Waals surface area contributed by atoms with E-state index in [-0.39, 0.29) is 45.4 Å². The molecule has 3 aromatic rings. The summed E-state index contributed by atoms with van der Waals surface area (Å²) in [7, 11) is -3.47. The highest BCUT2D eigenvalue weighted by atomic mass is 35.5. The molecule has 4 rings (SSSR count). The van der Waals surface area contributed by atoms with Crippen LogP contribution in [-0.2, 0) is 14.9 Å². The first-order valence-corrected chi connectivity index (χ1v) is 13.5. The lowest BCUT2D eigenvalue weighted by molar-refractivity contribution is -0.384. The number of amides is 2. The topological polar surface area (TPSA) is 208 Å². The van der Waals surface area contributed by atoms with Crippen molar-refractivity contribution in [2.75, 3.05) is 17.4 Å². The van der Waals surface area contributed by atoms with Crippen molar-refractivity contribution in [2.45, 2.75) is 24.3 Å². The van der Waals surface area contributed by atoms with E-state index in [1.54, 1.807) is 6.92 Å². The van der Waals surface area contributed by atoms with Gasteiger partial charge in [-0.3, -0.25) is 24.3 Å². The zero-order valence-electron chi connectivity index (χ0n) is 21.3. The predicted octanol–water partition coefficient (Wildman–Crippen LogP) is 3.05. The number of aryl methyl sites for hydroxylation is 1. The minimum absolute atomic E-state index is 0.0197. The summed E-state index contributed by atoms with van der Waals surface area (Å²) >= 11 is 6.33. The molecule has 16 heteroatoms. The first-order chi connectivity index (χ1) is 19.3. The molecule has 0 aliphatic carbocycles. The molecule has 1 aliphatic rings. The first-order valence-electron chi connectivity index (χ1n) is 11.7. The number of carbonyl (C=O) groups is 2. The molecule has 14 nitrogen and oxygen atoms in total. The number of anilines is 2. The number of nitriles is 1. The summed E-state index contributed by atoms with van der Waals surface area (Å²) in [5.41, 5.74) is -0.135. The van der Waals surface area contributed by atoms with Crippen LogP contribution in [0.4, 0.5) is 17.2 Å². The summed E-state index contributed by atoms with van der Waals surface area (Å²) in [6.07, 6.45) is 1.09. The Hall–Kier alpha value is -4.91. The van der Waals surface area contributed by atoms with Gasteiger partial charge in [0.05, 0.1) is 38.5 Å². The average molecular weight is 598 g/mol. The summed E-state index contributed by atoms with van der Waals surface area (Å²) in [4.78, 5) is 40.5. The average Bonchev–Trinajstić information content (AvgIpc) is 3.38. The maximum absolute atomic E-state index is 13.7. The van der Waals surface area contributed by atoms with Crippen LogP contribution in [0, 0.1) is 28.4 Å². The minimum Gasteiger partial charge on any atom is -0.355 e. The molecule has 0 spiro atoms. The predicted molar refractivity (Wildman–Crippen MR) is 147 cm³/mol. The number of hydrogen-bond donors (Lipinski definition) is 3. The van der Waals surface area contributed by atoms with E-state index in [0.29, 0.717) is 5.56 Å². The quantitative estimate of drug-likeness (QED) is 0.206. The van der Waals surface area contributed by atoms with E-state index >= 15 is 0 Å². The second-order valence-electron chi connectivity index (χ2n) is 8.73. The van der Waals surface area contributed by atoms with Gasteiger partial charge in [0.25, 0.3) is 21.7 Å². The number of rotatable bonds is 7. The van der Waals surface area contributed by atoms with Crippen LogP contribution in [0.5, 0.6) is 0 Å². The lowest BCUT2D eigenvalue weighted by atomic mass is 10.0. The van der Waals surface area contributed by atoms with Crippen LogP contribution >= 0.6 is 11.6 Å². The van der Waals surface area contributed by atoms with Gasteiger partial charge >= 0.3 is 0 Å². The molecule has 0 radical (unpaired) electrons. The number of benzene rings is 2. The molecule has 1 aliphatic heterocycles. The smallest absolute Gasteiger partial charge is 0.295 e. The lowest BCUT2D eigenvalue weighted by Crippen LogP contribution is -2.39. The number of nitro groups is 1. The normalized spacial score (nSPS) is 14.7. The van der Waals surface area contributed by atoms with Crippen LogP contribution in [0.15, 0.2) is 58.7 Å². The molecular formula is C25H20ClN7O7S. The molecule has 1 unspecified atom stereocenters. The van der Waals surface area contributed by atoms with Crippen LogP contribution in [0.3, 0.4) is 0 Å². The van der Waals surface area contributed by atoms with Crippen LogP contribution in [0.2, 0.25) is 5.02 Å². The van der Waals surface area contributed by atoms with E-state index in [4.69, 9.17) is 11.6 Å². The standard InChI is InChI=1S/C25H20ClN7O7S/c1-13-8-14(12-27)9-17(24(34)28-2)22(13)30-25(35)20-11-19(31-32(20)23-18(26)4-3-7-29-23)16-10-15(33(36)37)5-6-21(16)41(38,39)40/h3-10,20H,11H2,1-2H3,(H,28,34)(H,30,35)(H,38,39,40). The van der Waals surface area contributed by atoms with Crippen LogP contribution in [-0.4, -0.2) is 53.5 Å². The number of nitrogens with zero attached hydrogens (tertiary/aromatic N) is 5. The molecule has 0 fully saturated rings. The van der Waals surface area contributed by atoms with Gasteiger partial charge in [0, 0.05) is 37.4 Å². The van der Waals surface area contributed by atoms with Crippen LogP contribution in [0.25, 0.3) is 0 Å². The second-order valence-corrected chi connectivity index (χ2v) is 10.5. The Morgan fingerprint density at radius 2 is 2.00 bits per heavy atom. The van der Waals surface area contributed by atoms with Gasteiger partial charge in [-0.15, -0.1) is 0 Å². The second kappa shape index (κ2) is 11.3. The van der Waals surface area contributed by atoms with E-state index in [0.717, 1.165) is 23.2 Å². The molecule has 2 heterocycles. The zero-order chi connectivity index (χ0) is 30.1. The summed E-state index contributed by atoms with van der Waals surface area (Å²) in [6, 6.07) is 9.23. The van der Waals surface area contributed by atoms with E-state index < -0.39 is 43.5 Å². The maximum atomic E-state index is 13.7. The van der Waals surface area contributed by atoms with E-state index in [1.165, 1.54) is 37.5 Å². The monoisotopic (exact) mass is 597 g/mol. The molecular weight excluding hydrogens is 578 g/mol. The van der Waals surface area contributed by atoms with Crippen LogP contribution < -0.4 is 15.6 Å². The van der Waals surface area contributed by atoms with Crippen molar-refractivity contribution in [1.82, 2.24) is 10.3 Å². The minimum atomic E-state index is -4.86. The highest BCUT2D eigenvalue weighted by molar-refractivity contribution is 7.86. The number of hydrogen-bond acceptors (Lipinski definition) is 10. The highest BCUT2D eigenvalue weighted by Crippen LogP contribution is 2.34. The molecule has 3 N–H and O–H groups in total. The van der Waals surface area contributed by atoms with Crippen molar-refractivity contribution in [1.29, 1.82) is 5.26 Å². The van der Waals surface area contributed by atoms with Crippen molar-refractivity contribution < 1.29 is 27.5 Å². The number of pyridine rings is 1. The highest BCUT2D eigenvalue weighted by Gasteiger charge is 2.38. The Kier molecular flexibility index (Phi) is 8.01. The van der Waals surface area contributed by atoms with Gasteiger partial charge in [0.2, 0.25) is 5.91 Å². The van der Waals surface area contributed by atoms with Gasteiger partial charge in [-0.05, 0) is 42.8 Å². The van der Waals surface area contributed by atoms with Crippen molar-refractivity contribution in [3.63, 3.8) is 0 Å². The molecule has 41 heavy (non-hydrogen) atoms. The summed E-state index contributed by atoms with van der Waals surface area (Å²) in [6.45, 7) is 1.59. The Morgan fingerprint density at radius 3 is 2.61 bits per heavy atom. The van der Waals surface area contributed by atoms with Gasteiger partial charge in [-0.25, -0.2) is 9.99 Å². The Balaban J connectivity index is 1.84. The van der Waals surface area contributed by atoms with Gasteiger partial charge in [0.1, 0.15) is 10.9 Å². The third-order valence-corrected chi connectivity index (χ3v) is 7.32. The molecule has 0 bridgehead atoms. The summed E-state index contributed by atoms with van der Waals surface area (Å²) < 4.78 is 34.0. The van der Waals surface area contributed by atoms with Gasteiger partial charge in [-0.2, -0.15) is 18.8 Å². The third kappa shape index (κ3) is 5.84. The molecule has 2 aromatic carbocycles. The van der Waals surface area contributed by atoms with Gasteiger partial charge in [-0.1, -0.05) is 11.6 Å². The van der Waals surface area contributed by atoms with Crippen molar-refractivity contribution >= 4 is 56.4 Å². The largest absolute Gasteiger partial charge is 0.355 e. The fourth-order valence-corrected chi connectivity index (χ4v) is 5.14. The number of carbonyl (C=O) groups excluding carboxylic acids is 2. The van der Waals surface area contributed by atoms with E-state index in [2.05, 4.69) is 20.7 Å². The Morgan fingerprint density at radius 1 is 1.27 bits per heavy atom.